The summed E-state index contributed by atoms with van der Waals surface area (Å²) >= 11 is 0. The molecule has 0 radical (unpaired) electrons. The minimum absolute atomic E-state index is 0.315. The summed E-state index contributed by atoms with van der Waals surface area (Å²) in [4.78, 5) is 0. The molecular formula is C15H18N2O. The molecule has 0 saturated heterocycles. The minimum atomic E-state index is 0.315. The second-order valence-electron chi connectivity index (χ2n) is 4.76. The zero-order valence-electron chi connectivity index (χ0n) is 10.6. The third-order valence-electron chi connectivity index (χ3n) is 3.41. The van der Waals surface area contributed by atoms with Gasteiger partial charge in [-0.25, -0.2) is 0 Å². The molecule has 1 aromatic heterocycles. The molecule has 3 rings (SSSR count). The van der Waals surface area contributed by atoms with Crippen LogP contribution in [0.15, 0.2) is 42.7 Å². The lowest BCUT2D eigenvalue weighted by molar-refractivity contribution is 0.314. The first-order valence-corrected chi connectivity index (χ1v) is 6.46. The van der Waals surface area contributed by atoms with E-state index in [0.717, 1.165) is 25.2 Å². The molecule has 0 aliphatic carbocycles. The van der Waals surface area contributed by atoms with E-state index >= 15 is 0 Å². The standard InChI is InChI=1S/C15H18N2O/c1-12-6-4-7-13-14(8-5-11-18-15(12)13)16-17-9-2-3-10-17/h2-4,6-7,9-10,14,16H,5,8,11H2,1H3. The SMILES string of the molecule is Cc1cccc2c1OCCCC2Nn1cccc1. The second-order valence-corrected chi connectivity index (χ2v) is 4.76. The fourth-order valence-corrected chi connectivity index (χ4v) is 2.50. The highest BCUT2D eigenvalue weighted by Crippen LogP contribution is 2.34. The van der Waals surface area contributed by atoms with E-state index in [0.29, 0.717) is 6.04 Å². The predicted molar refractivity (Wildman–Crippen MR) is 72.4 cm³/mol. The number of fused-ring (bicyclic) bond motifs is 1. The Bertz CT molecular complexity index is 519. The maximum absolute atomic E-state index is 5.88. The van der Waals surface area contributed by atoms with Gasteiger partial charge >= 0.3 is 0 Å². The number of nitrogens with zero attached hydrogens (tertiary/aromatic N) is 1. The van der Waals surface area contributed by atoms with Gasteiger partial charge in [0, 0.05) is 18.0 Å². The molecule has 0 bridgehead atoms. The summed E-state index contributed by atoms with van der Waals surface area (Å²) in [6, 6.07) is 10.7. The lowest BCUT2D eigenvalue weighted by Crippen LogP contribution is -2.19. The summed E-state index contributed by atoms with van der Waals surface area (Å²) in [5.41, 5.74) is 6.00. The van der Waals surface area contributed by atoms with Crippen LogP contribution >= 0.6 is 0 Å². The highest BCUT2D eigenvalue weighted by molar-refractivity contribution is 5.44. The quantitative estimate of drug-likeness (QED) is 0.874. The average molecular weight is 242 g/mol. The Kier molecular flexibility index (Phi) is 2.97. The fourth-order valence-electron chi connectivity index (χ4n) is 2.50. The van der Waals surface area contributed by atoms with Gasteiger partial charge in [0.05, 0.1) is 12.6 Å². The van der Waals surface area contributed by atoms with E-state index in [-0.39, 0.29) is 0 Å². The molecule has 1 atom stereocenters. The number of ether oxygens (including phenoxy) is 1. The van der Waals surface area contributed by atoms with Gasteiger partial charge in [0.1, 0.15) is 5.75 Å². The summed E-state index contributed by atoms with van der Waals surface area (Å²) in [5, 5.41) is 0. The van der Waals surface area contributed by atoms with Gasteiger partial charge in [0.15, 0.2) is 0 Å². The van der Waals surface area contributed by atoms with Crippen molar-refractivity contribution in [3.05, 3.63) is 53.9 Å². The molecule has 1 unspecified atom stereocenters. The van der Waals surface area contributed by atoms with Crippen molar-refractivity contribution >= 4 is 0 Å². The van der Waals surface area contributed by atoms with Crippen LogP contribution in [0.2, 0.25) is 0 Å². The van der Waals surface area contributed by atoms with E-state index in [1.807, 2.05) is 29.2 Å². The summed E-state index contributed by atoms with van der Waals surface area (Å²) in [6.45, 7) is 2.92. The molecule has 3 heteroatoms. The molecule has 0 amide bonds. The van der Waals surface area contributed by atoms with E-state index in [9.17, 15) is 0 Å². The van der Waals surface area contributed by atoms with Gasteiger partial charge < -0.3 is 10.2 Å². The third-order valence-corrected chi connectivity index (χ3v) is 3.41. The molecule has 1 aliphatic rings. The molecule has 2 aromatic rings. The molecule has 94 valence electrons. The average Bonchev–Trinajstić information content (AvgIpc) is 2.79. The molecule has 1 aromatic carbocycles. The first-order valence-electron chi connectivity index (χ1n) is 6.46. The monoisotopic (exact) mass is 242 g/mol. The normalized spacial score (nSPS) is 18.6. The first kappa shape index (κ1) is 11.2. The van der Waals surface area contributed by atoms with Crippen molar-refractivity contribution in [2.24, 2.45) is 0 Å². The molecule has 2 heterocycles. The van der Waals surface area contributed by atoms with Crippen LogP contribution in [0.3, 0.4) is 0 Å². The lowest BCUT2D eigenvalue weighted by Gasteiger charge is -2.21. The van der Waals surface area contributed by atoms with Crippen molar-refractivity contribution in [3.8, 4) is 5.75 Å². The van der Waals surface area contributed by atoms with Crippen LogP contribution in [0.25, 0.3) is 0 Å². The number of benzene rings is 1. The van der Waals surface area contributed by atoms with Gasteiger partial charge in [-0.1, -0.05) is 18.2 Å². The number of aromatic nitrogens is 1. The fraction of sp³-hybridized carbons (Fsp3) is 0.333. The smallest absolute Gasteiger partial charge is 0.127 e. The molecular weight excluding hydrogens is 224 g/mol. The van der Waals surface area contributed by atoms with Crippen molar-refractivity contribution in [1.82, 2.24) is 4.68 Å². The van der Waals surface area contributed by atoms with E-state index in [1.54, 1.807) is 0 Å². The van der Waals surface area contributed by atoms with Gasteiger partial charge in [-0.15, -0.1) is 0 Å². The lowest BCUT2D eigenvalue weighted by atomic mass is 10.0. The Morgan fingerprint density at radius 1 is 1.22 bits per heavy atom. The van der Waals surface area contributed by atoms with Crippen LogP contribution in [-0.2, 0) is 0 Å². The first-order chi connectivity index (χ1) is 8.84. The van der Waals surface area contributed by atoms with Gasteiger partial charge in [0.25, 0.3) is 0 Å². The third kappa shape index (κ3) is 2.08. The minimum Gasteiger partial charge on any atom is -0.493 e. The summed E-state index contributed by atoms with van der Waals surface area (Å²) in [6.07, 6.45) is 6.23. The molecule has 0 spiro atoms. The molecule has 3 nitrogen and oxygen atoms in total. The van der Waals surface area contributed by atoms with E-state index in [4.69, 9.17) is 4.74 Å². The van der Waals surface area contributed by atoms with E-state index in [1.165, 1.54) is 11.1 Å². The predicted octanol–water partition coefficient (Wildman–Crippen LogP) is 3.25. The van der Waals surface area contributed by atoms with Crippen LogP contribution < -0.4 is 10.2 Å². The van der Waals surface area contributed by atoms with Crippen molar-refractivity contribution < 1.29 is 4.74 Å². The summed E-state index contributed by atoms with van der Waals surface area (Å²) in [5.74, 6) is 1.06. The highest BCUT2D eigenvalue weighted by atomic mass is 16.5. The van der Waals surface area contributed by atoms with E-state index < -0.39 is 0 Å². The summed E-state index contributed by atoms with van der Waals surface area (Å²) < 4.78 is 7.90. The van der Waals surface area contributed by atoms with Crippen molar-refractivity contribution in [2.45, 2.75) is 25.8 Å². The Labute approximate surface area is 107 Å². The Balaban J connectivity index is 1.94. The zero-order valence-corrected chi connectivity index (χ0v) is 10.6. The van der Waals surface area contributed by atoms with Crippen LogP contribution in [-0.4, -0.2) is 11.3 Å². The number of hydrogen-bond acceptors (Lipinski definition) is 2. The van der Waals surface area contributed by atoms with Crippen molar-refractivity contribution in [1.29, 1.82) is 0 Å². The van der Waals surface area contributed by atoms with Crippen LogP contribution in [0.1, 0.15) is 30.0 Å². The molecule has 0 fully saturated rings. The highest BCUT2D eigenvalue weighted by Gasteiger charge is 2.20. The Morgan fingerprint density at radius 3 is 2.89 bits per heavy atom. The topological polar surface area (TPSA) is 26.2 Å². The van der Waals surface area contributed by atoms with Crippen LogP contribution in [0, 0.1) is 6.92 Å². The number of para-hydroxylation sites is 1. The van der Waals surface area contributed by atoms with Crippen molar-refractivity contribution in [2.75, 3.05) is 12.0 Å². The number of rotatable bonds is 2. The van der Waals surface area contributed by atoms with E-state index in [2.05, 4.69) is 30.5 Å². The van der Waals surface area contributed by atoms with Gasteiger partial charge in [0.2, 0.25) is 0 Å². The maximum Gasteiger partial charge on any atom is 0.127 e. The second kappa shape index (κ2) is 4.77. The molecule has 1 aliphatic heterocycles. The number of aryl methyl sites for hydroxylation is 1. The van der Waals surface area contributed by atoms with Crippen LogP contribution in [0.5, 0.6) is 5.75 Å². The van der Waals surface area contributed by atoms with Gasteiger partial charge in [-0.3, -0.25) is 4.68 Å². The van der Waals surface area contributed by atoms with Gasteiger partial charge in [-0.05, 0) is 37.5 Å². The van der Waals surface area contributed by atoms with Crippen LogP contribution in [0.4, 0.5) is 0 Å². The van der Waals surface area contributed by atoms with Crippen molar-refractivity contribution in [3.63, 3.8) is 0 Å². The Hall–Kier alpha value is -1.90. The zero-order chi connectivity index (χ0) is 12.4. The molecule has 0 saturated carbocycles. The number of nitrogens with one attached hydrogen (secondary N) is 1. The number of hydrogen-bond donors (Lipinski definition) is 1. The summed E-state index contributed by atoms with van der Waals surface area (Å²) in [7, 11) is 0. The molecule has 1 N–H and O–H groups in total. The molecule has 18 heavy (non-hydrogen) atoms. The van der Waals surface area contributed by atoms with Gasteiger partial charge in [-0.2, -0.15) is 0 Å². The maximum atomic E-state index is 5.88. The largest absolute Gasteiger partial charge is 0.493 e. The Morgan fingerprint density at radius 2 is 2.06 bits per heavy atom.